The molecule has 0 fully saturated rings. The number of ketones is 1. The van der Waals surface area contributed by atoms with E-state index in [0.717, 1.165) is 10.6 Å². The molecule has 0 saturated carbocycles. The Morgan fingerprint density at radius 1 is 1.38 bits per heavy atom. The third kappa shape index (κ3) is 2.52. The van der Waals surface area contributed by atoms with Crippen LogP contribution in [0, 0.1) is 5.82 Å². The fourth-order valence-corrected chi connectivity index (χ4v) is 2.20. The highest BCUT2D eigenvalue weighted by Crippen LogP contribution is 2.15. The minimum Gasteiger partial charge on any atom is -0.293 e. The van der Waals surface area contributed by atoms with E-state index in [9.17, 15) is 9.18 Å². The van der Waals surface area contributed by atoms with Crippen molar-refractivity contribution >= 4 is 17.1 Å². The molecule has 1 aromatic carbocycles. The van der Waals surface area contributed by atoms with Crippen LogP contribution in [0.3, 0.4) is 0 Å². The highest BCUT2D eigenvalue weighted by atomic mass is 32.1. The Morgan fingerprint density at radius 2 is 2.06 bits per heavy atom. The molecular formula is C12H10FNOS. The fraction of sp³-hybridized carbons (Fsp3) is 0.167. The minimum absolute atomic E-state index is 0.0263. The summed E-state index contributed by atoms with van der Waals surface area (Å²) < 4.78 is 12.7. The van der Waals surface area contributed by atoms with E-state index in [-0.39, 0.29) is 11.6 Å². The predicted molar refractivity (Wildman–Crippen MR) is 61.3 cm³/mol. The largest absolute Gasteiger partial charge is 0.293 e. The van der Waals surface area contributed by atoms with Crippen LogP contribution in [0.5, 0.6) is 0 Å². The number of hydrogen-bond acceptors (Lipinski definition) is 3. The number of thiazole rings is 1. The lowest BCUT2D eigenvalue weighted by Gasteiger charge is -1.97. The Morgan fingerprint density at radius 3 is 2.62 bits per heavy atom. The van der Waals surface area contributed by atoms with Crippen molar-refractivity contribution in [3.05, 3.63) is 51.7 Å². The van der Waals surface area contributed by atoms with Gasteiger partial charge in [0.05, 0.1) is 5.01 Å². The van der Waals surface area contributed by atoms with Crippen LogP contribution >= 0.6 is 11.3 Å². The molecular weight excluding hydrogens is 225 g/mol. The second-order valence-corrected chi connectivity index (χ2v) is 4.43. The summed E-state index contributed by atoms with van der Waals surface area (Å²) in [4.78, 5) is 15.3. The maximum absolute atomic E-state index is 12.7. The number of nitrogens with zero attached hydrogens (tertiary/aromatic N) is 1. The number of Topliss-reactive ketones (excluding diaryl/α,β-unsaturated/α-hetero) is 1. The number of halogens is 1. The van der Waals surface area contributed by atoms with Crippen molar-refractivity contribution in [3.63, 3.8) is 0 Å². The monoisotopic (exact) mass is 235 g/mol. The van der Waals surface area contributed by atoms with E-state index in [4.69, 9.17) is 0 Å². The zero-order chi connectivity index (χ0) is 11.5. The molecule has 0 bridgehead atoms. The number of hydrogen-bond donors (Lipinski definition) is 0. The van der Waals surface area contributed by atoms with E-state index in [1.807, 2.05) is 0 Å². The lowest BCUT2D eigenvalue weighted by Crippen LogP contribution is -1.93. The van der Waals surface area contributed by atoms with Gasteiger partial charge in [-0.05, 0) is 17.7 Å². The lowest BCUT2D eigenvalue weighted by atomic mass is 10.1. The predicted octanol–water partition coefficient (Wildman–Crippen LogP) is 3.08. The van der Waals surface area contributed by atoms with Gasteiger partial charge in [0.1, 0.15) is 11.5 Å². The topological polar surface area (TPSA) is 30.0 Å². The summed E-state index contributed by atoms with van der Waals surface area (Å²) in [5, 5.41) is 2.62. The van der Waals surface area contributed by atoms with E-state index >= 15 is 0 Å². The quantitative estimate of drug-likeness (QED) is 0.765. The van der Waals surface area contributed by atoms with E-state index in [1.54, 1.807) is 17.5 Å². The molecule has 0 aliphatic heterocycles. The van der Waals surface area contributed by atoms with Gasteiger partial charge in [0.15, 0.2) is 5.78 Å². The molecule has 1 heterocycles. The van der Waals surface area contributed by atoms with Crippen LogP contribution in [-0.4, -0.2) is 10.8 Å². The Balaban J connectivity index is 2.14. The van der Waals surface area contributed by atoms with Gasteiger partial charge in [-0.15, -0.1) is 11.3 Å². The number of rotatable bonds is 3. The van der Waals surface area contributed by atoms with Gasteiger partial charge in [-0.1, -0.05) is 12.1 Å². The first-order valence-electron chi connectivity index (χ1n) is 4.85. The number of aromatic nitrogens is 1. The van der Waals surface area contributed by atoms with Crippen LogP contribution in [0.4, 0.5) is 4.39 Å². The molecule has 0 N–H and O–H groups in total. The second-order valence-electron chi connectivity index (χ2n) is 3.49. The summed E-state index contributed by atoms with van der Waals surface area (Å²) in [6, 6.07) is 6.30. The highest BCUT2D eigenvalue weighted by Gasteiger charge is 2.06. The lowest BCUT2D eigenvalue weighted by molar-refractivity contribution is 0.101. The van der Waals surface area contributed by atoms with E-state index in [2.05, 4.69) is 4.98 Å². The standard InChI is InChI=1S/C12H10FNOS/c1-8(15)11-7-16-12(14-11)6-9-2-4-10(13)5-3-9/h2-5,7H,6H2,1H3. The summed E-state index contributed by atoms with van der Waals surface area (Å²) >= 11 is 1.45. The first-order chi connectivity index (χ1) is 7.65. The SMILES string of the molecule is CC(=O)c1csc(Cc2ccc(F)cc2)n1. The van der Waals surface area contributed by atoms with Crippen molar-refractivity contribution in [2.24, 2.45) is 0 Å². The van der Waals surface area contributed by atoms with Crippen LogP contribution in [0.1, 0.15) is 28.0 Å². The first-order valence-corrected chi connectivity index (χ1v) is 5.73. The minimum atomic E-state index is -0.243. The molecule has 0 spiro atoms. The summed E-state index contributed by atoms with van der Waals surface area (Å²) in [5.74, 6) is -0.270. The molecule has 2 rings (SSSR count). The first kappa shape index (κ1) is 11.0. The van der Waals surface area contributed by atoms with E-state index in [1.165, 1.54) is 30.4 Å². The molecule has 0 aliphatic carbocycles. The van der Waals surface area contributed by atoms with Crippen molar-refractivity contribution in [3.8, 4) is 0 Å². The summed E-state index contributed by atoms with van der Waals surface area (Å²) in [7, 11) is 0. The molecule has 2 nitrogen and oxygen atoms in total. The van der Waals surface area contributed by atoms with Crippen LogP contribution in [0.2, 0.25) is 0 Å². The van der Waals surface area contributed by atoms with Gasteiger partial charge >= 0.3 is 0 Å². The number of benzene rings is 1. The molecule has 0 aliphatic rings. The number of carbonyl (C=O) groups is 1. The van der Waals surface area contributed by atoms with Crippen molar-refractivity contribution in [1.82, 2.24) is 4.98 Å². The third-order valence-electron chi connectivity index (χ3n) is 2.18. The van der Waals surface area contributed by atoms with Gasteiger partial charge in [0.25, 0.3) is 0 Å². The summed E-state index contributed by atoms with van der Waals surface area (Å²) in [6.45, 7) is 1.50. The van der Waals surface area contributed by atoms with E-state index in [0.29, 0.717) is 12.1 Å². The van der Waals surface area contributed by atoms with Crippen molar-refractivity contribution in [2.75, 3.05) is 0 Å². The maximum Gasteiger partial charge on any atom is 0.178 e. The smallest absolute Gasteiger partial charge is 0.178 e. The number of carbonyl (C=O) groups excluding carboxylic acids is 1. The molecule has 0 amide bonds. The van der Waals surface area contributed by atoms with Crippen LogP contribution in [-0.2, 0) is 6.42 Å². The second kappa shape index (κ2) is 4.53. The Kier molecular flexibility index (Phi) is 3.10. The molecule has 16 heavy (non-hydrogen) atoms. The Hall–Kier alpha value is -1.55. The van der Waals surface area contributed by atoms with Gasteiger partial charge in [-0.3, -0.25) is 4.79 Å². The third-order valence-corrected chi connectivity index (χ3v) is 3.03. The zero-order valence-electron chi connectivity index (χ0n) is 8.74. The van der Waals surface area contributed by atoms with Crippen molar-refractivity contribution < 1.29 is 9.18 Å². The van der Waals surface area contributed by atoms with Gasteiger partial charge < -0.3 is 0 Å². The molecule has 0 unspecified atom stereocenters. The molecule has 4 heteroatoms. The highest BCUT2D eigenvalue weighted by molar-refractivity contribution is 7.09. The van der Waals surface area contributed by atoms with Gasteiger partial charge in [-0.2, -0.15) is 0 Å². The van der Waals surface area contributed by atoms with Crippen molar-refractivity contribution in [2.45, 2.75) is 13.3 Å². The average Bonchev–Trinajstić information content (AvgIpc) is 2.70. The molecule has 1 aromatic heterocycles. The summed E-state index contributed by atoms with van der Waals surface area (Å²) in [5.41, 5.74) is 1.49. The van der Waals surface area contributed by atoms with Crippen LogP contribution < -0.4 is 0 Å². The summed E-state index contributed by atoms with van der Waals surface area (Å²) in [6.07, 6.45) is 0.637. The van der Waals surface area contributed by atoms with Crippen LogP contribution in [0.15, 0.2) is 29.6 Å². The normalized spacial score (nSPS) is 10.4. The fourth-order valence-electron chi connectivity index (χ4n) is 1.33. The molecule has 0 atom stereocenters. The molecule has 0 radical (unpaired) electrons. The molecule has 2 aromatic rings. The van der Waals surface area contributed by atoms with Gasteiger partial charge in [0.2, 0.25) is 0 Å². The van der Waals surface area contributed by atoms with E-state index < -0.39 is 0 Å². The van der Waals surface area contributed by atoms with Crippen molar-refractivity contribution in [1.29, 1.82) is 0 Å². The maximum atomic E-state index is 12.7. The Labute approximate surface area is 96.8 Å². The van der Waals surface area contributed by atoms with Crippen LogP contribution in [0.25, 0.3) is 0 Å². The van der Waals surface area contributed by atoms with Gasteiger partial charge in [-0.25, -0.2) is 9.37 Å². The Bertz CT molecular complexity index is 504. The van der Waals surface area contributed by atoms with Gasteiger partial charge in [0, 0.05) is 18.7 Å². The average molecular weight is 235 g/mol. The molecule has 82 valence electrons. The molecule has 0 saturated heterocycles. The zero-order valence-corrected chi connectivity index (χ0v) is 9.55.